The Morgan fingerprint density at radius 1 is 1.28 bits per heavy atom. The lowest BCUT2D eigenvalue weighted by Gasteiger charge is -2.14. The van der Waals surface area contributed by atoms with Crippen molar-refractivity contribution in [1.29, 1.82) is 0 Å². The molecule has 0 spiro atoms. The average Bonchev–Trinajstić information content (AvgIpc) is 2.37. The van der Waals surface area contributed by atoms with Gasteiger partial charge in [-0.1, -0.05) is 18.2 Å². The topological polar surface area (TPSA) is 35.5 Å². The molecule has 0 saturated carbocycles. The summed E-state index contributed by atoms with van der Waals surface area (Å²) in [5.41, 5.74) is 0.922. The van der Waals surface area contributed by atoms with Gasteiger partial charge < -0.3 is 9.47 Å². The minimum absolute atomic E-state index is 0.211. The first kappa shape index (κ1) is 14.8. The molecule has 0 amide bonds. The Hall–Kier alpha value is -1.22. The van der Waals surface area contributed by atoms with E-state index in [1.165, 1.54) is 0 Å². The van der Waals surface area contributed by atoms with Crippen molar-refractivity contribution in [2.75, 3.05) is 13.2 Å². The molecule has 0 heterocycles. The Bertz CT molecular complexity index is 379. The smallest absolute Gasteiger partial charge is 0.305 e. The molecule has 3 nitrogen and oxygen atoms in total. The fourth-order valence-electron chi connectivity index (χ4n) is 1.66. The Morgan fingerprint density at radius 3 is 2.67 bits per heavy atom. The summed E-state index contributed by atoms with van der Waals surface area (Å²) in [7, 11) is 0. The minimum atomic E-state index is -0.239. The molecular weight excluding hydrogens is 252 g/mol. The van der Waals surface area contributed by atoms with E-state index < -0.39 is 0 Å². The molecule has 4 heteroatoms. The van der Waals surface area contributed by atoms with Gasteiger partial charge in [0.25, 0.3) is 0 Å². The number of esters is 1. The highest BCUT2D eigenvalue weighted by Gasteiger charge is 2.15. The standard InChI is InChI=1S/C14H19ClO3/c1-3-17-13-8-6-5-7-11(13)12(15)9-10-14(16)18-4-2/h5-8,12H,3-4,9-10H2,1-2H3. The van der Waals surface area contributed by atoms with Crippen molar-refractivity contribution in [3.8, 4) is 5.75 Å². The van der Waals surface area contributed by atoms with Crippen LogP contribution in [0.2, 0.25) is 0 Å². The van der Waals surface area contributed by atoms with Crippen molar-refractivity contribution in [1.82, 2.24) is 0 Å². The van der Waals surface area contributed by atoms with E-state index in [0.29, 0.717) is 26.1 Å². The summed E-state index contributed by atoms with van der Waals surface area (Å²) in [6.45, 7) is 4.72. The maximum absolute atomic E-state index is 11.3. The van der Waals surface area contributed by atoms with Gasteiger partial charge in [0.15, 0.2) is 0 Å². The average molecular weight is 271 g/mol. The van der Waals surface area contributed by atoms with E-state index in [9.17, 15) is 4.79 Å². The summed E-state index contributed by atoms with van der Waals surface area (Å²) in [5.74, 6) is 0.570. The third-order valence-electron chi connectivity index (χ3n) is 2.46. The molecule has 1 unspecified atom stereocenters. The molecule has 0 aliphatic carbocycles. The van der Waals surface area contributed by atoms with Gasteiger partial charge in [0.2, 0.25) is 0 Å². The van der Waals surface area contributed by atoms with Crippen LogP contribution in [0, 0.1) is 0 Å². The number of ether oxygens (including phenoxy) is 2. The Morgan fingerprint density at radius 2 is 2.00 bits per heavy atom. The number of hydrogen-bond donors (Lipinski definition) is 0. The summed E-state index contributed by atoms with van der Waals surface area (Å²) in [6, 6.07) is 7.63. The summed E-state index contributed by atoms with van der Waals surface area (Å²) in [5, 5.41) is -0.239. The SMILES string of the molecule is CCOC(=O)CCC(Cl)c1ccccc1OCC. The lowest BCUT2D eigenvalue weighted by atomic mass is 10.1. The van der Waals surface area contributed by atoms with Crippen LogP contribution in [-0.2, 0) is 9.53 Å². The predicted molar refractivity (Wildman–Crippen MR) is 72.1 cm³/mol. The fraction of sp³-hybridized carbons (Fsp3) is 0.500. The van der Waals surface area contributed by atoms with Crippen LogP contribution in [0.1, 0.15) is 37.6 Å². The molecule has 0 fully saturated rings. The molecule has 1 rings (SSSR count). The lowest BCUT2D eigenvalue weighted by Crippen LogP contribution is -2.06. The zero-order valence-electron chi connectivity index (χ0n) is 10.8. The minimum Gasteiger partial charge on any atom is -0.494 e. The van der Waals surface area contributed by atoms with Gasteiger partial charge >= 0.3 is 5.97 Å². The van der Waals surface area contributed by atoms with Gasteiger partial charge in [-0.05, 0) is 26.3 Å². The second-order valence-corrected chi connectivity index (χ2v) is 4.31. The quantitative estimate of drug-likeness (QED) is 0.560. The van der Waals surface area contributed by atoms with Crippen LogP contribution in [0.4, 0.5) is 0 Å². The number of carbonyl (C=O) groups is 1. The highest BCUT2D eigenvalue weighted by molar-refractivity contribution is 6.21. The Kier molecular flexibility index (Phi) is 6.58. The number of rotatable bonds is 7. The monoisotopic (exact) mass is 270 g/mol. The van der Waals surface area contributed by atoms with E-state index >= 15 is 0 Å². The second-order valence-electron chi connectivity index (χ2n) is 3.78. The number of carbonyl (C=O) groups excluding carboxylic acids is 1. The van der Waals surface area contributed by atoms with E-state index in [1.807, 2.05) is 31.2 Å². The maximum atomic E-state index is 11.3. The van der Waals surface area contributed by atoms with Crippen LogP contribution in [0.5, 0.6) is 5.75 Å². The highest BCUT2D eigenvalue weighted by atomic mass is 35.5. The van der Waals surface area contributed by atoms with Crippen LogP contribution < -0.4 is 4.74 Å². The molecule has 0 N–H and O–H groups in total. The Labute approximate surface area is 113 Å². The molecule has 0 aliphatic rings. The summed E-state index contributed by atoms with van der Waals surface area (Å²) in [4.78, 5) is 11.3. The molecule has 1 atom stereocenters. The Balaban J connectivity index is 2.60. The van der Waals surface area contributed by atoms with E-state index in [-0.39, 0.29) is 11.3 Å². The molecule has 100 valence electrons. The van der Waals surface area contributed by atoms with Crippen LogP contribution in [-0.4, -0.2) is 19.2 Å². The van der Waals surface area contributed by atoms with Crippen molar-refractivity contribution in [3.05, 3.63) is 29.8 Å². The molecule has 1 aromatic rings. The first-order valence-electron chi connectivity index (χ1n) is 6.20. The maximum Gasteiger partial charge on any atom is 0.305 e. The van der Waals surface area contributed by atoms with Crippen LogP contribution in [0.15, 0.2) is 24.3 Å². The zero-order chi connectivity index (χ0) is 13.4. The first-order valence-corrected chi connectivity index (χ1v) is 6.64. The lowest BCUT2D eigenvalue weighted by molar-refractivity contribution is -0.143. The first-order chi connectivity index (χ1) is 8.69. The van der Waals surface area contributed by atoms with Gasteiger partial charge in [-0.3, -0.25) is 4.79 Å². The predicted octanol–water partition coefficient (Wildman–Crippen LogP) is 3.71. The number of halogens is 1. The molecule has 0 aromatic heterocycles. The fourth-order valence-corrected chi connectivity index (χ4v) is 1.95. The number of hydrogen-bond acceptors (Lipinski definition) is 3. The molecule has 0 bridgehead atoms. The number of para-hydroxylation sites is 1. The van der Waals surface area contributed by atoms with Crippen molar-refractivity contribution in [2.24, 2.45) is 0 Å². The van der Waals surface area contributed by atoms with E-state index in [4.69, 9.17) is 21.1 Å². The molecule has 1 aromatic carbocycles. The third kappa shape index (κ3) is 4.57. The van der Waals surface area contributed by atoms with Gasteiger partial charge in [0, 0.05) is 12.0 Å². The summed E-state index contributed by atoms with van der Waals surface area (Å²) >= 11 is 6.30. The van der Waals surface area contributed by atoms with Gasteiger partial charge in [0.05, 0.1) is 18.6 Å². The van der Waals surface area contributed by atoms with Gasteiger partial charge in [0.1, 0.15) is 5.75 Å². The van der Waals surface area contributed by atoms with Crippen LogP contribution in [0.3, 0.4) is 0 Å². The van der Waals surface area contributed by atoms with E-state index in [2.05, 4.69) is 0 Å². The van der Waals surface area contributed by atoms with Gasteiger partial charge in [-0.2, -0.15) is 0 Å². The van der Waals surface area contributed by atoms with Crippen LogP contribution in [0.25, 0.3) is 0 Å². The van der Waals surface area contributed by atoms with Gasteiger partial charge in [-0.15, -0.1) is 11.6 Å². The number of benzene rings is 1. The molecular formula is C14H19ClO3. The summed E-state index contributed by atoms with van der Waals surface area (Å²) in [6.07, 6.45) is 0.868. The van der Waals surface area contributed by atoms with Crippen molar-refractivity contribution < 1.29 is 14.3 Å². The van der Waals surface area contributed by atoms with E-state index in [1.54, 1.807) is 6.92 Å². The van der Waals surface area contributed by atoms with Crippen molar-refractivity contribution in [3.63, 3.8) is 0 Å². The van der Waals surface area contributed by atoms with Crippen molar-refractivity contribution in [2.45, 2.75) is 32.1 Å². The highest BCUT2D eigenvalue weighted by Crippen LogP contribution is 2.32. The molecule has 0 saturated heterocycles. The van der Waals surface area contributed by atoms with Crippen molar-refractivity contribution >= 4 is 17.6 Å². The molecule has 18 heavy (non-hydrogen) atoms. The normalized spacial score (nSPS) is 11.9. The summed E-state index contributed by atoms with van der Waals surface area (Å²) < 4.78 is 10.4. The molecule has 0 radical (unpaired) electrons. The van der Waals surface area contributed by atoms with Crippen LogP contribution >= 0.6 is 11.6 Å². The molecule has 0 aliphatic heterocycles. The van der Waals surface area contributed by atoms with E-state index in [0.717, 1.165) is 11.3 Å². The number of alkyl halides is 1. The van der Waals surface area contributed by atoms with Gasteiger partial charge in [-0.25, -0.2) is 0 Å². The zero-order valence-corrected chi connectivity index (χ0v) is 11.6. The second kappa shape index (κ2) is 7.98. The largest absolute Gasteiger partial charge is 0.494 e. The third-order valence-corrected chi connectivity index (χ3v) is 2.92.